The highest BCUT2D eigenvalue weighted by atomic mass is 16.5. The van der Waals surface area contributed by atoms with Crippen LogP contribution in [0.4, 0.5) is 0 Å². The van der Waals surface area contributed by atoms with Crippen LogP contribution in [0.3, 0.4) is 0 Å². The molecule has 0 N–H and O–H groups in total. The van der Waals surface area contributed by atoms with E-state index < -0.39 is 5.97 Å². The molecule has 0 atom stereocenters. The van der Waals surface area contributed by atoms with Crippen molar-refractivity contribution in [1.29, 1.82) is 0 Å². The van der Waals surface area contributed by atoms with Crippen molar-refractivity contribution in [3.05, 3.63) is 82.8 Å². The average molecular weight is 493 g/mol. The molecular weight excluding hydrogens is 460 g/mol. The molecule has 0 aliphatic carbocycles. The molecule has 3 rings (SSSR count). The summed E-state index contributed by atoms with van der Waals surface area (Å²) < 4.78 is 21.7. The van der Waals surface area contributed by atoms with Crippen molar-refractivity contribution in [2.45, 2.75) is 46.9 Å². The van der Waals surface area contributed by atoms with Crippen LogP contribution in [0.2, 0.25) is 0 Å². The van der Waals surface area contributed by atoms with Crippen molar-refractivity contribution < 1.29 is 28.3 Å². The van der Waals surface area contributed by atoms with E-state index in [1.165, 1.54) is 6.08 Å². The van der Waals surface area contributed by atoms with Crippen molar-refractivity contribution in [2.24, 2.45) is 0 Å². The minimum Gasteiger partial charge on any atom is -0.493 e. The molecule has 190 valence electrons. The number of rotatable bonds is 11. The number of hydrogen-bond acceptors (Lipinski definition) is 7. The Kier molecular flexibility index (Phi) is 9.27. The van der Waals surface area contributed by atoms with E-state index in [-0.39, 0.29) is 18.6 Å². The molecule has 8 heteroatoms. The summed E-state index contributed by atoms with van der Waals surface area (Å²) in [5.74, 6) is 0.914. The summed E-state index contributed by atoms with van der Waals surface area (Å²) in [7, 11) is 1.54. The first kappa shape index (κ1) is 26.5. The molecule has 0 unspecified atom stereocenters. The van der Waals surface area contributed by atoms with Crippen molar-refractivity contribution in [3.8, 4) is 11.5 Å². The second-order valence-corrected chi connectivity index (χ2v) is 8.54. The van der Waals surface area contributed by atoms with E-state index in [9.17, 15) is 9.59 Å². The van der Waals surface area contributed by atoms with E-state index in [1.54, 1.807) is 36.3 Å². The Morgan fingerprint density at radius 3 is 2.47 bits per heavy atom. The standard InChI is InChI=1S/C28H32N2O6/c1-19(2)30(16-23-9-7-6-8-10-23)27(31)18-35-28(32)14-12-22-11-13-25(26(15-22)33-5)34-17-24-20(3)29-36-21(24)4/h6-15,19H,16-18H2,1-5H3/b14-12+. The molecule has 0 spiro atoms. The van der Waals surface area contributed by atoms with Gasteiger partial charge < -0.3 is 23.6 Å². The summed E-state index contributed by atoms with van der Waals surface area (Å²) in [6, 6.07) is 15.0. The van der Waals surface area contributed by atoms with Crippen LogP contribution in [0.1, 0.15) is 42.0 Å². The normalized spacial score (nSPS) is 11.1. The largest absolute Gasteiger partial charge is 0.493 e. The lowest BCUT2D eigenvalue weighted by molar-refractivity contribution is -0.149. The summed E-state index contributed by atoms with van der Waals surface area (Å²) in [5.41, 5.74) is 3.39. The highest BCUT2D eigenvalue weighted by Crippen LogP contribution is 2.30. The molecule has 0 radical (unpaired) electrons. The lowest BCUT2D eigenvalue weighted by Gasteiger charge is -2.26. The Morgan fingerprint density at radius 1 is 1.08 bits per heavy atom. The van der Waals surface area contributed by atoms with Crippen LogP contribution >= 0.6 is 0 Å². The monoisotopic (exact) mass is 492 g/mol. The molecule has 0 bridgehead atoms. The Morgan fingerprint density at radius 2 is 1.83 bits per heavy atom. The van der Waals surface area contributed by atoms with Crippen LogP contribution in [-0.4, -0.2) is 41.7 Å². The number of nitrogens with zero attached hydrogens (tertiary/aromatic N) is 2. The average Bonchev–Trinajstić information content (AvgIpc) is 3.20. The number of carbonyl (C=O) groups excluding carboxylic acids is 2. The number of carbonyl (C=O) groups is 2. The first-order valence-corrected chi connectivity index (χ1v) is 11.7. The summed E-state index contributed by atoms with van der Waals surface area (Å²) in [4.78, 5) is 26.6. The summed E-state index contributed by atoms with van der Waals surface area (Å²) >= 11 is 0. The van der Waals surface area contributed by atoms with Crippen LogP contribution in [0.5, 0.6) is 11.5 Å². The van der Waals surface area contributed by atoms with Gasteiger partial charge in [-0.1, -0.05) is 41.6 Å². The summed E-state index contributed by atoms with van der Waals surface area (Å²) in [6.45, 7) is 7.97. The van der Waals surface area contributed by atoms with Crippen molar-refractivity contribution >= 4 is 18.0 Å². The van der Waals surface area contributed by atoms with Gasteiger partial charge in [0.2, 0.25) is 0 Å². The molecule has 0 aliphatic heterocycles. The van der Waals surface area contributed by atoms with Gasteiger partial charge in [-0.05, 0) is 57.0 Å². The molecular formula is C28H32N2O6. The van der Waals surface area contributed by atoms with Gasteiger partial charge in [0.1, 0.15) is 12.4 Å². The van der Waals surface area contributed by atoms with E-state index in [4.69, 9.17) is 18.7 Å². The number of esters is 1. The predicted molar refractivity (Wildman–Crippen MR) is 135 cm³/mol. The summed E-state index contributed by atoms with van der Waals surface area (Å²) in [5, 5.41) is 3.93. The first-order chi connectivity index (χ1) is 17.3. The smallest absolute Gasteiger partial charge is 0.331 e. The molecule has 1 heterocycles. The maximum absolute atomic E-state index is 12.7. The van der Waals surface area contributed by atoms with E-state index >= 15 is 0 Å². The fraction of sp³-hybridized carbons (Fsp3) is 0.321. The number of ether oxygens (including phenoxy) is 3. The Balaban J connectivity index is 1.55. The Bertz CT molecular complexity index is 1180. The van der Waals surface area contributed by atoms with E-state index in [0.717, 1.165) is 16.8 Å². The van der Waals surface area contributed by atoms with Crippen LogP contribution in [-0.2, 0) is 27.5 Å². The maximum atomic E-state index is 12.7. The number of benzene rings is 2. The fourth-order valence-electron chi connectivity index (χ4n) is 3.53. The van der Waals surface area contributed by atoms with Crippen LogP contribution in [0.15, 0.2) is 59.1 Å². The number of amides is 1. The van der Waals surface area contributed by atoms with Crippen molar-refractivity contribution in [3.63, 3.8) is 0 Å². The third-order valence-corrected chi connectivity index (χ3v) is 5.63. The molecule has 2 aromatic carbocycles. The van der Waals surface area contributed by atoms with Gasteiger partial charge in [-0.15, -0.1) is 0 Å². The van der Waals surface area contributed by atoms with Gasteiger partial charge in [0.25, 0.3) is 5.91 Å². The second kappa shape index (κ2) is 12.6. The van der Waals surface area contributed by atoms with Gasteiger partial charge in [-0.25, -0.2) is 4.79 Å². The zero-order chi connectivity index (χ0) is 26.1. The minimum absolute atomic E-state index is 0.0299. The number of aromatic nitrogens is 1. The molecule has 1 amide bonds. The SMILES string of the molecule is COc1cc(/C=C/C(=O)OCC(=O)N(Cc2ccccc2)C(C)C)ccc1OCc1c(C)noc1C. The number of aryl methyl sites for hydroxylation is 2. The lowest BCUT2D eigenvalue weighted by atomic mass is 10.2. The molecule has 0 aliphatic rings. The van der Waals surface area contributed by atoms with E-state index in [0.29, 0.717) is 36.0 Å². The molecule has 3 aromatic rings. The van der Waals surface area contributed by atoms with Gasteiger partial charge >= 0.3 is 5.97 Å². The molecule has 0 saturated carbocycles. The molecule has 36 heavy (non-hydrogen) atoms. The van der Waals surface area contributed by atoms with Crippen molar-refractivity contribution in [2.75, 3.05) is 13.7 Å². The molecule has 0 fully saturated rings. The first-order valence-electron chi connectivity index (χ1n) is 11.7. The molecule has 8 nitrogen and oxygen atoms in total. The lowest BCUT2D eigenvalue weighted by Crippen LogP contribution is -2.39. The van der Waals surface area contributed by atoms with Gasteiger partial charge in [0.05, 0.1) is 18.4 Å². The molecule has 0 saturated heterocycles. The van der Waals surface area contributed by atoms with Crippen molar-refractivity contribution in [1.82, 2.24) is 10.1 Å². The predicted octanol–water partition coefficient (Wildman–Crippen LogP) is 4.87. The highest BCUT2D eigenvalue weighted by Gasteiger charge is 2.18. The van der Waals surface area contributed by atoms with Crippen LogP contribution < -0.4 is 9.47 Å². The van der Waals surface area contributed by atoms with E-state index in [1.807, 2.05) is 58.0 Å². The highest BCUT2D eigenvalue weighted by molar-refractivity contribution is 5.89. The maximum Gasteiger partial charge on any atom is 0.331 e. The third kappa shape index (κ3) is 7.21. The Labute approximate surface area is 211 Å². The minimum atomic E-state index is -0.607. The van der Waals surface area contributed by atoms with Crippen LogP contribution in [0.25, 0.3) is 6.08 Å². The number of hydrogen-bond donors (Lipinski definition) is 0. The zero-order valence-corrected chi connectivity index (χ0v) is 21.3. The molecule has 1 aromatic heterocycles. The number of methoxy groups -OCH3 is 1. The quantitative estimate of drug-likeness (QED) is 0.278. The van der Waals surface area contributed by atoms with E-state index in [2.05, 4.69) is 5.16 Å². The Hall–Kier alpha value is -4.07. The van der Waals surface area contributed by atoms with Gasteiger partial charge in [0, 0.05) is 18.7 Å². The summed E-state index contributed by atoms with van der Waals surface area (Å²) in [6.07, 6.45) is 2.88. The fourth-order valence-corrected chi connectivity index (χ4v) is 3.53. The second-order valence-electron chi connectivity index (χ2n) is 8.54. The zero-order valence-electron chi connectivity index (χ0n) is 21.3. The van der Waals surface area contributed by atoms with Gasteiger partial charge in [-0.2, -0.15) is 0 Å². The van der Waals surface area contributed by atoms with Gasteiger partial charge in [-0.3, -0.25) is 4.79 Å². The van der Waals surface area contributed by atoms with Gasteiger partial charge in [0.15, 0.2) is 18.1 Å². The van der Waals surface area contributed by atoms with Crippen LogP contribution in [0, 0.1) is 13.8 Å². The third-order valence-electron chi connectivity index (χ3n) is 5.63. The topological polar surface area (TPSA) is 91.1 Å².